The van der Waals surface area contributed by atoms with Crippen molar-refractivity contribution in [2.45, 2.75) is 11.1 Å². The van der Waals surface area contributed by atoms with Crippen LogP contribution in [0.4, 0.5) is 0 Å². The van der Waals surface area contributed by atoms with Crippen LogP contribution in [0.2, 0.25) is 0 Å². The maximum absolute atomic E-state index is 12.3. The first kappa shape index (κ1) is 15.6. The van der Waals surface area contributed by atoms with E-state index in [9.17, 15) is 18.3 Å². The highest BCUT2D eigenvalue weighted by Crippen LogP contribution is 2.21. The van der Waals surface area contributed by atoms with Gasteiger partial charge in [-0.1, -0.05) is 35.5 Å². The number of aryl methyl sites for hydroxylation is 1. The lowest BCUT2D eigenvalue weighted by atomic mass is 10.1. The number of nitrogens with zero attached hydrogens (tertiary/aromatic N) is 3. The van der Waals surface area contributed by atoms with Gasteiger partial charge in [-0.2, -0.15) is 4.72 Å². The molecule has 0 saturated heterocycles. The molecule has 2 aromatic rings. The van der Waals surface area contributed by atoms with Gasteiger partial charge in [-0.15, -0.1) is 5.10 Å². The fourth-order valence-corrected chi connectivity index (χ4v) is 4.00. The Morgan fingerprint density at radius 1 is 1.38 bits per heavy atom. The zero-order valence-corrected chi connectivity index (χ0v) is 13.2. The first-order valence-electron chi connectivity index (χ1n) is 5.68. The molecule has 0 unspecified atom stereocenters. The minimum Gasteiger partial charge on any atom is -0.480 e. The minimum atomic E-state index is -4.11. The average molecular weight is 375 g/mol. The van der Waals surface area contributed by atoms with Gasteiger partial charge in [0.05, 0.1) is 0 Å². The smallest absolute Gasteiger partial charge is 0.326 e. The van der Waals surface area contributed by atoms with E-state index in [2.05, 4.69) is 31.0 Å². The fraction of sp³-hybridized carbons (Fsp3) is 0.182. The quantitative estimate of drug-likeness (QED) is 0.795. The predicted octanol–water partition coefficient (Wildman–Crippen LogP) is 0.682. The van der Waals surface area contributed by atoms with Gasteiger partial charge in [-0.25, -0.2) is 13.1 Å². The average Bonchev–Trinajstić information content (AvgIpc) is 2.77. The van der Waals surface area contributed by atoms with Crippen molar-refractivity contribution in [1.82, 2.24) is 19.7 Å². The minimum absolute atomic E-state index is 0.00898. The topological polar surface area (TPSA) is 114 Å². The van der Waals surface area contributed by atoms with Gasteiger partial charge in [-0.05, 0) is 21.5 Å². The number of hydrogen-bond donors (Lipinski definition) is 2. The zero-order chi connectivity index (χ0) is 15.6. The summed E-state index contributed by atoms with van der Waals surface area (Å²) in [6.07, 6.45) is 0. The first-order valence-corrected chi connectivity index (χ1v) is 7.96. The molecule has 10 heteroatoms. The van der Waals surface area contributed by atoms with Crippen molar-refractivity contribution in [2.75, 3.05) is 0 Å². The molecule has 0 amide bonds. The second-order valence-electron chi connectivity index (χ2n) is 4.11. The molecule has 0 aliphatic rings. The van der Waals surface area contributed by atoms with E-state index in [-0.39, 0.29) is 9.63 Å². The Morgan fingerprint density at radius 3 is 2.48 bits per heavy atom. The fourth-order valence-electron chi connectivity index (χ4n) is 1.73. The van der Waals surface area contributed by atoms with Crippen molar-refractivity contribution >= 4 is 31.9 Å². The van der Waals surface area contributed by atoms with Crippen LogP contribution in [0.25, 0.3) is 0 Å². The van der Waals surface area contributed by atoms with E-state index >= 15 is 0 Å². The SMILES string of the molecule is Cn1nnc(Br)c1S(=O)(=O)N[C@@H](C(=O)O)c1ccccc1. The van der Waals surface area contributed by atoms with E-state index < -0.39 is 22.0 Å². The van der Waals surface area contributed by atoms with Crippen LogP contribution in [0, 0.1) is 0 Å². The van der Waals surface area contributed by atoms with Crippen LogP contribution in [-0.4, -0.2) is 34.5 Å². The molecule has 0 fully saturated rings. The van der Waals surface area contributed by atoms with Gasteiger partial charge < -0.3 is 5.11 Å². The molecule has 2 rings (SSSR count). The van der Waals surface area contributed by atoms with E-state index in [1.807, 2.05) is 0 Å². The van der Waals surface area contributed by atoms with Crippen LogP contribution in [-0.2, 0) is 21.9 Å². The van der Waals surface area contributed by atoms with E-state index in [4.69, 9.17) is 0 Å². The Labute approximate surface area is 129 Å². The molecular weight excluding hydrogens is 364 g/mol. The Hall–Kier alpha value is -1.78. The normalized spacial score (nSPS) is 13.0. The van der Waals surface area contributed by atoms with Gasteiger partial charge in [-0.3, -0.25) is 4.79 Å². The van der Waals surface area contributed by atoms with Gasteiger partial charge in [0.25, 0.3) is 10.0 Å². The highest BCUT2D eigenvalue weighted by atomic mass is 79.9. The highest BCUT2D eigenvalue weighted by Gasteiger charge is 2.31. The van der Waals surface area contributed by atoms with E-state index in [0.717, 1.165) is 4.68 Å². The van der Waals surface area contributed by atoms with Crippen LogP contribution >= 0.6 is 15.9 Å². The largest absolute Gasteiger partial charge is 0.480 e. The number of hydrogen-bond acceptors (Lipinski definition) is 5. The van der Waals surface area contributed by atoms with Gasteiger partial charge in [0.2, 0.25) is 5.03 Å². The zero-order valence-electron chi connectivity index (χ0n) is 10.8. The van der Waals surface area contributed by atoms with Crippen LogP contribution in [0.15, 0.2) is 40.0 Å². The Kier molecular flexibility index (Phi) is 4.40. The van der Waals surface area contributed by atoms with Crippen molar-refractivity contribution in [3.8, 4) is 0 Å². The molecule has 8 nitrogen and oxygen atoms in total. The maximum atomic E-state index is 12.3. The Balaban J connectivity index is 2.40. The third kappa shape index (κ3) is 3.28. The molecule has 1 atom stereocenters. The van der Waals surface area contributed by atoms with Crippen LogP contribution in [0.3, 0.4) is 0 Å². The summed E-state index contributed by atoms with van der Waals surface area (Å²) >= 11 is 2.98. The van der Waals surface area contributed by atoms with Crippen molar-refractivity contribution in [1.29, 1.82) is 0 Å². The molecule has 112 valence electrons. The van der Waals surface area contributed by atoms with E-state index in [1.165, 1.54) is 19.2 Å². The third-order valence-corrected chi connectivity index (χ3v) is 4.95. The molecule has 1 heterocycles. The molecule has 1 aromatic heterocycles. The standard InChI is InChI=1S/C11H11BrN4O4S/c1-16-10(9(12)13-15-16)21(19,20)14-8(11(17)18)7-5-3-2-4-6-7/h2-6,8,14H,1H3,(H,17,18)/t8-/m1/s1. The van der Waals surface area contributed by atoms with Gasteiger partial charge >= 0.3 is 5.97 Å². The molecule has 21 heavy (non-hydrogen) atoms. The Bertz CT molecular complexity index is 740. The lowest BCUT2D eigenvalue weighted by molar-refractivity contribution is -0.139. The number of halogens is 1. The second kappa shape index (κ2) is 5.92. The van der Waals surface area contributed by atoms with E-state index in [0.29, 0.717) is 5.56 Å². The summed E-state index contributed by atoms with van der Waals surface area (Å²) in [6.45, 7) is 0. The number of carboxylic acid groups (broad SMARTS) is 1. The summed E-state index contributed by atoms with van der Waals surface area (Å²) in [4.78, 5) is 11.3. The summed E-state index contributed by atoms with van der Waals surface area (Å²) < 4.78 is 27.8. The molecular formula is C11H11BrN4O4S. The number of aromatic nitrogens is 3. The van der Waals surface area contributed by atoms with Crippen LogP contribution < -0.4 is 4.72 Å². The molecule has 2 N–H and O–H groups in total. The second-order valence-corrected chi connectivity index (χ2v) is 6.49. The summed E-state index contributed by atoms with van der Waals surface area (Å²) in [7, 11) is -2.72. The number of benzene rings is 1. The molecule has 0 aliphatic carbocycles. The van der Waals surface area contributed by atoms with Gasteiger partial charge in [0.15, 0.2) is 4.60 Å². The molecule has 1 aromatic carbocycles. The third-order valence-electron chi connectivity index (χ3n) is 2.64. The number of carbonyl (C=O) groups is 1. The number of rotatable bonds is 5. The molecule has 0 bridgehead atoms. The monoisotopic (exact) mass is 374 g/mol. The molecule has 0 saturated carbocycles. The lowest BCUT2D eigenvalue weighted by Gasteiger charge is -2.15. The summed E-state index contributed by atoms with van der Waals surface area (Å²) in [5, 5.41) is 16.1. The van der Waals surface area contributed by atoms with Crippen molar-refractivity contribution in [2.24, 2.45) is 7.05 Å². The summed E-state index contributed by atoms with van der Waals surface area (Å²) in [5.41, 5.74) is 0.319. The van der Waals surface area contributed by atoms with Gasteiger partial charge in [0.1, 0.15) is 6.04 Å². The van der Waals surface area contributed by atoms with Crippen molar-refractivity contribution < 1.29 is 18.3 Å². The molecule has 0 radical (unpaired) electrons. The number of nitrogens with one attached hydrogen (secondary N) is 1. The maximum Gasteiger partial charge on any atom is 0.326 e. The predicted molar refractivity (Wildman–Crippen MR) is 75.8 cm³/mol. The summed E-state index contributed by atoms with van der Waals surface area (Å²) in [5.74, 6) is -1.31. The lowest BCUT2D eigenvalue weighted by Crippen LogP contribution is -2.34. The molecule has 0 aliphatic heterocycles. The number of aliphatic carboxylic acids is 1. The number of carboxylic acids is 1. The van der Waals surface area contributed by atoms with Crippen LogP contribution in [0.1, 0.15) is 11.6 Å². The first-order chi connectivity index (χ1) is 9.83. The van der Waals surface area contributed by atoms with Crippen LogP contribution in [0.5, 0.6) is 0 Å². The van der Waals surface area contributed by atoms with Crippen molar-refractivity contribution in [3.63, 3.8) is 0 Å². The van der Waals surface area contributed by atoms with Crippen molar-refractivity contribution in [3.05, 3.63) is 40.5 Å². The Morgan fingerprint density at radius 2 is 2.00 bits per heavy atom. The summed E-state index contributed by atoms with van der Waals surface area (Å²) in [6, 6.07) is 6.61. The van der Waals surface area contributed by atoms with Gasteiger partial charge in [0, 0.05) is 7.05 Å². The molecule has 0 spiro atoms. The number of sulfonamides is 1. The highest BCUT2D eigenvalue weighted by molar-refractivity contribution is 9.10. The van der Waals surface area contributed by atoms with E-state index in [1.54, 1.807) is 18.2 Å².